The van der Waals surface area contributed by atoms with Crippen molar-refractivity contribution in [3.63, 3.8) is 0 Å². The van der Waals surface area contributed by atoms with Gasteiger partial charge in [0.15, 0.2) is 0 Å². The lowest BCUT2D eigenvalue weighted by Crippen LogP contribution is -2.49. The molecule has 0 aromatic heterocycles. The van der Waals surface area contributed by atoms with Gasteiger partial charge >= 0.3 is 0 Å². The van der Waals surface area contributed by atoms with E-state index in [-0.39, 0.29) is 11.9 Å². The lowest BCUT2D eigenvalue weighted by molar-refractivity contribution is -0.133. The minimum atomic E-state index is 0.112. The molecule has 1 aliphatic heterocycles. The van der Waals surface area contributed by atoms with E-state index in [1.54, 1.807) is 0 Å². The summed E-state index contributed by atoms with van der Waals surface area (Å²) in [7, 11) is 0. The normalized spacial score (nSPS) is 17.7. The summed E-state index contributed by atoms with van der Waals surface area (Å²) in [5.41, 5.74) is 7.09. The van der Waals surface area contributed by atoms with E-state index in [2.05, 4.69) is 35.2 Å². The maximum Gasteiger partial charge on any atom is 0.222 e. The first-order chi connectivity index (χ1) is 10.1. The highest BCUT2D eigenvalue weighted by Crippen LogP contribution is 2.08. The van der Waals surface area contributed by atoms with Crippen LogP contribution in [-0.4, -0.2) is 54.5 Å². The predicted octanol–water partition coefficient (Wildman–Crippen LogP) is 1.50. The lowest BCUT2D eigenvalue weighted by Gasteiger charge is -2.35. The largest absolute Gasteiger partial charge is 0.340 e. The lowest BCUT2D eigenvalue weighted by atomic mass is 10.1. The topological polar surface area (TPSA) is 49.6 Å². The van der Waals surface area contributed by atoms with Gasteiger partial charge in [-0.05, 0) is 25.3 Å². The van der Waals surface area contributed by atoms with Crippen molar-refractivity contribution in [3.8, 4) is 0 Å². The van der Waals surface area contributed by atoms with Gasteiger partial charge in [0.1, 0.15) is 0 Å². The number of carbonyl (C=O) groups excluding carboxylic acids is 1. The maximum atomic E-state index is 12.0. The fourth-order valence-corrected chi connectivity index (χ4v) is 2.66. The second-order valence-electron chi connectivity index (χ2n) is 5.97. The van der Waals surface area contributed by atoms with E-state index < -0.39 is 0 Å². The Labute approximate surface area is 127 Å². The van der Waals surface area contributed by atoms with Crippen LogP contribution in [0, 0.1) is 0 Å². The Bertz CT molecular complexity index is 425. The van der Waals surface area contributed by atoms with Crippen LogP contribution in [0.15, 0.2) is 30.3 Å². The zero-order valence-electron chi connectivity index (χ0n) is 13.0. The molecule has 0 bridgehead atoms. The summed E-state index contributed by atoms with van der Waals surface area (Å²) >= 11 is 0. The number of amides is 1. The molecule has 2 N–H and O–H groups in total. The third-order valence-corrected chi connectivity index (χ3v) is 4.10. The Balaban J connectivity index is 1.67. The van der Waals surface area contributed by atoms with Gasteiger partial charge < -0.3 is 10.6 Å². The van der Waals surface area contributed by atoms with E-state index in [1.165, 1.54) is 5.56 Å². The summed E-state index contributed by atoms with van der Waals surface area (Å²) < 4.78 is 0. The molecule has 1 fully saturated rings. The van der Waals surface area contributed by atoms with Crippen LogP contribution in [-0.2, 0) is 11.2 Å². The molecule has 0 aliphatic carbocycles. The van der Waals surface area contributed by atoms with Crippen molar-refractivity contribution in [1.29, 1.82) is 0 Å². The quantitative estimate of drug-likeness (QED) is 0.863. The van der Waals surface area contributed by atoms with Crippen LogP contribution in [0.2, 0.25) is 0 Å². The minimum absolute atomic E-state index is 0.112. The fourth-order valence-electron chi connectivity index (χ4n) is 2.66. The summed E-state index contributed by atoms with van der Waals surface area (Å²) in [6.07, 6.45) is 2.45. The van der Waals surface area contributed by atoms with Crippen molar-refractivity contribution in [2.75, 3.05) is 32.7 Å². The first-order valence-electron chi connectivity index (χ1n) is 7.95. The Hall–Kier alpha value is -1.39. The average Bonchev–Trinajstić information content (AvgIpc) is 2.52. The molecule has 4 heteroatoms. The molecule has 4 nitrogen and oxygen atoms in total. The van der Waals surface area contributed by atoms with Gasteiger partial charge in [-0.1, -0.05) is 30.3 Å². The number of nitrogens with zero attached hydrogens (tertiary/aromatic N) is 2. The second kappa shape index (κ2) is 8.15. The Kier molecular flexibility index (Phi) is 6.21. The first kappa shape index (κ1) is 16.0. The van der Waals surface area contributed by atoms with Crippen molar-refractivity contribution >= 4 is 5.91 Å². The molecule has 1 heterocycles. The van der Waals surface area contributed by atoms with Crippen molar-refractivity contribution in [1.82, 2.24) is 9.80 Å². The van der Waals surface area contributed by atoms with E-state index in [0.29, 0.717) is 6.42 Å². The number of hydrogen-bond donors (Lipinski definition) is 1. The highest BCUT2D eigenvalue weighted by molar-refractivity contribution is 5.76. The number of piperazine rings is 1. The van der Waals surface area contributed by atoms with E-state index in [4.69, 9.17) is 5.73 Å². The third-order valence-electron chi connectivity index (χ3n) is 4.10. The van der Waals surface area contributed by atoms with Gasteiger partial charge in [0.25, 0.3) is 0 Å². The van der Waals surface area contributed by atoms with Gasteiger partial charge in [0.05, 0.1) is 0 Å². The van der Waals surface area contributed by atoms with Crippen LogP contribution >= 0.6 is 0 Å². The molecule has 1 amide bonds. The zero-order valence-corrected chi connectivity index (χ0v) is 13.0. The molecule has 0 spiro atoms. The summed E-state index contributed by atoms with van der Waals surface area (Å²) in [5, 5.41) is 0. The van der Waals surface area contributed by atoms with E-state index in [0.717, 1.165) is 45.6 Å². The molecular formula is C17H27N3O. The highest BCUT2D eigenvalue weighted by atomic mass is 16.2. The molecule has 1 saturated heterocycles. The van der Waals surface area contributed by atoms with Gasteiger partial charge in [-0.3, -0.25) is 9.69 Å². The second-order valence-corrected chi connectivity index (χ2v) is 5.97. The molecule has 1 aromatic carbocycles. The first-order valence-corrected chi connectivity index (χ1v) is 7.95. The molecule has 1 aromatic rings. The van der Waals surface area contributed by atoms with Crippen molar-refractivity contribution in [2.24, 2.45) is 5.73 Å². The molecular weight excluding hydrogens is 262 g/mol. The van der Waals surface area contributed by atoms with Gasteiger partial charge in [0, 0.05) is 45.2 Å². The van der Waals surface area contributed by atoms with E-state index in [1.807, 2.05) is 11.8 Å². The molecule has 116 valence electrons. The number of hydrogen-bond acceptors (Lipinski definition) is 3. The predicted molar refractivity (Wildman–Crippen MR) is 86.0 cm³/mol. The van der Waals surface area contributed by atoms with Crippen LogP contribution in [0.4, 0.5) is 0 Å². The van der Waals surface area contributed by atoms with Crippen LogP contribution in [0.5, 0.6) is 0 Å². The molecule has 2 rings (SSSR count). The monoisotopic (exact) mass is 289 g/mol. The van der Waals surface area contributed by atoms with Crippen LogP contribution in [0.25, 0.3) is 0 Å². The molecule has 1 atom stereocenters. The smallest absolute Gasteiger partial charge is 0.222 e. The third kappa shape index (κ3) is 5.48. The van der Waals surface area contributed by atoms with Gasteiger partial charge in [0.2, 0.25) is 5.91 Å². The van der Waals surface area contributed by atoms with Crippen molar-refractivity contribution in [3.05, 3.63) is 35.9 Å². The Morgan fingerprint density at radius 2 is 1.86 bits per heavy atom. The van der Waals surface area contributed by atoms with Crippen molar-refractivity contribution < 1.29 is 4.79 Å². The number of carbonyl (C=O) groups is 1. The number of nitrogens with two attached hydrogens (primary N) is 1. The summed E-state index contributed by atoms with van der Waals surface area (Å²) in [6, 6.07) is 10.7. The minimum Gasteiger partial charge on any atom is -0.340 e. The molecule has 0 saturated carbocycles. The van der Waals surface area contributed by atoms with E-state index in [9.17, 15) is 4.79 Å². The Morgan fingerprint density at radius 3 is 2.48 bits per heavy atom. The molecule has 0 radical (unpaired) electrons. The van der Waals surface area contributed by atoms with E-state index >= 15 is 0 Å². The van der Waals surface area contributed by atoms with Gasteiger partial charge in [-0.2, -0.15) is 0 Å². The van der Waals surface area contributed by atoms with Crippen molar-refractivity contribution in [2.45, 2.75) is 32.2 Å². The summed E-state index contributed by atoms with van der Waals surface area (Å²) in [4.78, 5) is 16.5. The maximum absolute atomic E-state index is 12.0. The zero-order chi connectivity index (χ0) is 15.1. The van der Waals surface area contributed by atoms with Gasteiger partial charge in [-0.15, -0.1) is 0 Å². The Morgan fingerprint density at radius 1 is 1.19 bits per heavy atom. The summed E-state index contributed by atoms with van der Waals surface area (Å²) in [5.74, 6) is 0.259. The van der Waals surface area contributed by atoms with Gasteiger partial charge in [-0.25, -0.2) is 0 Å². The highest BCUT2D eigenvalue weighted by Gasteiger charge is 2.20. The standard InChI is InChI=1S/C17H27N3O/c1-15(18)7-8-17(21)20-13-11-19(12-14-20)10-9-16-5-3-2-4-6-16/h2-6,15H,7-14,18H2,1H3. The molecule has 21 heavy (non-hydrogen) atoms. The fraction of sp³-hybridized carbons (Fsp3) is 0.588. The van der Waals surface area contributed by atoms with Crippen LogP contribution in [0.1, 0.15) is 25.3 Å². The number of rotatable bonds is 6. The van der Waals surface area contributed by atoms with Crippen LogP contribution in [0.3, 0.4) is 0 Å². The molecule has 1 aliphatic rings. The van der Waals surface area contributed by atoms with Crippen LogP contribution < -0.4 is 5.73 Å². The number of benzene rings is 1. The average molecular weight is 289 g/mol. The molecule has 1 unspecified atom stereocenters. The SMILES string of the molecule is CC(N)CCC(=O)N1CCN(CCc2ccccc2)CC1. The summed E-state index contributed by atoms with van der Waals surface area (Å²) in [6.45, 7) is 6.70.